The maximum absolute atomic E-state index is 5.06. The Morgan fingerprint density at radius 3 is 2.71 bits per heavy atom. The number of methoxy groups -OCH3 is 1. The molecule has 1 aromatic rings. The molecule has 0 radical (unpaired) electrons. The Hall–Kier alpha value is -0.410. The molecule has 0 amide bonds. The van der Waals surface area contributed by atoms with E-state index in [0.29, 0.717) is 5.41 Å². The Kier molecular flexibility index (Phi) is 4.08. The lowest BCUT2D eigenvalue weighted by Crippen LogP contribution is -2.10. The summed E-state index contributed by atoms with van der Waals surface area (Å²) in [5, 5.41) is 0. The van der Waals surface area contributed by atoms with E-state index in [1.165, 1.54) is 10.6 Å². The molecule has 0 aliphatic rings. The van der Waals surface area contributed by atoms with E-state index >= 15 is 0 Å². The zero-order chi connectivity index (χ0) is 10.6. The van der Waals surface area contributed by atoms with Crippen molar-refractivity contribution < 1.29 is 4.74 Å². The zero-order valence-corrected chi connectivity index (χ0v) is 10.3. The largest absolute Gasteiger partial charge is 0.384 e. The summed E-state index contributed by atoms with van der Waals surface area (Å²) in [5.74, 6) is 0. The van der Waals surface area contributed by atoms with Crippen LogP contribution in [0, 0.1) is 5.41 Å². The van der Waals surface area contributed by atoms with Crippen LogP contribution in [0.3, 0.4) is 0 Å². The van der Waals surface area contributed by atoms with Gasteiger partial charge in [0.2, 0.25) is 0 Å². The molecule has 0 saturated heterocycles. The normalized spacial score (nSPS) is 12.0. The maximum Gasteiger partial charge on any atom is 0.0797 e. The van der Waals surface area contributed by atoms with Crippen LogP contribution in [0.2, 0.25) is 0 Å². The molecule has 14 heavy (non-hydrogen) atoms. The van der Waals surface area contributed by atoms with E-state index in [9.17, 15) is 0 Å². The van der Waals surface area contributed by atoms with Crippen molar-refractivity contribution >= 4 is 11.3 Å². The van der Waals surface area contributed by atoms with Gasteiger partial charge < -0.3 is 4.74 Å². The zero-order valence-electron chi connectivity index (χ0n) is 9.46. The molecule has 0 fully saturated rings. The number of ether oxygens (including phenoxy) is 1. The summed E-state index contributed by atoms with van der Waals surface area (Å²) in [5.41, 5.74) is 3.49. The van der Waals surface area contributed by atoms with E-state index in [2.05, 4.69) is 25.8 Å². The monoisotopic (exact) mass is 213 g/mol. The molecule has 1 aromatic heterocycles. The molecular formula is C11H19NOS. The summed E-state index contributed by atoms with van der Waals surface area (Å²) in [6.07, 6.45) is 2.04. The molecule has 0 aromatic carbocycles. The molecule has 1 rings (SSSR count). The molecule has 0 aliphatic carbocycles. The van der Waals surface area contributed by atoms with Crippen LogP contribution in [0.1, 0.15) is 31.3 Å². The van der Waals surface area contributed by atoms with Gasteiger partial charge >= 0.3 is 0 Å². The molecule has 0 atom stereocenters. The summed E-state index contributed by atoms with van der Waals surface area (Å²) >= 11 is 1.76. The molecule has 0 bridgehead atoms. The number of rotatable bonds is 4. The highest BCUT2D eigenvalue weighted by atomic mass is 32.1. The van der Waals surface area contributed by atoms with Crippen LogP contribution in [0.4, 0.5) is 0 Å². The number of thiazole rings is 1. The topological polar surface area (TPSA) is 22.1 Å². The van der Waals surface area contributed by atoms with E-state index in [1.54, 1.807) is 18.4 Å². The van der Waals surface area contributed by atoms with Crippen LogP contribution in [-0.2, 0) is 17.6 Å². The quantitative estimate of drug-likeness (QED) is 0.767. The van der Waals surface area contributed by atoms with Gasteiger partial charge in [0, 0.05) is 18.4 Å². The molecule has 0 aliphatic heterocycles. The van der Waals surface area contributed by atoms with Crippen molar-refractivity contribution in [1.29, 1.82) is 0 Å². The molecule has 0 saturated carbocycles. The highest BCUT2D eigenvalue weighted by molar-refractivity contribution is 7.09. The van der Waals surface area contributed by atoms with Crippen molar-refractivity contribution in [2.45, 2.75) is 33.6 Å². The molecule has 2 nitrogen and oxygen atoms in total. The number of nitrogens with zero attached hydrogens (tertiary/aromatic N) is 1. The Morgan fingerprint density at radius 1 is 1.43 bits per heavy atom. The predicted octanol–water partition coefficient (Wildman–Crippen LogP) is 2.92. The fraction of sp³-hybridized carbons (Fsp3) is 0.727. The lowest BCUT2D eigenvalue weighted by Gasteiger charge is -2.17. The fourth-order valence-corrected chi connectivity index (χ4v) is 2.44. The van der Waals surface area contributed by atoms with Crippen molar-refractivity contribution in [3.05, 3.63) is 16.1 Å². The molecule has 3 heteroatoms. The first kappa shape index (κ1) is 11.7. The van der Waals surface area contributed by atoms with Gasteiger partial charge in [-0.1, -0.05) is 20.8 Å². The minimum Gasteiger partial charge on any atom is -0.384 e. The van der Waals surface area contributed by atoms with Gasteiger partial charge in [-0.3, -0.25) is 0 Å². The Balaban J connectivity index is 2.63. The van der Waals surface area contributed by atoms with Crippen LogP contribution in [-0.4, -0.2) is 18.7 Å². The Labute approximate surface area is 90.3 Å². The summed E-state index contributed by atoms with van der Waals surface area (Å²) in [6.45, 7) is 7.54. The Morgan fingerprint density at radius 2 is 2.14 bits per heavy atom. The number of hydrogen-bond donors (Lipinski definition) is 0. The second-order valence-corrected chi connectivity index (χ2v) is 5.64. The van der Waals surface area contributed by atoms with Gasteiger partial charge in [-0.2, -0.15) is 0 Å². The van der Waals surface area contributed by atoms with Gasteiger partial charge in [0.1, 0.15) is 0 Å². The second-order valence-electron chi connectivity index (χ2n) is 4.70. The van der Waals surface area contributed by atoms with Gasteiger partial charge in [0.15, 0.2) is 0 Å². The lowest BCUT2D eigenvalue weighted by atomic mass is 9.91. The van der Waals surface area contributed by atoms with Crippen LogP contribution in [0.5, 0.6) is 0 Å². The third-order valence-electron chi connectivity index (χ3n) is 1.96. The smallest absolute Gasteiger partial charge is 0.0797 e. The van der Waals surface area contributed by atoms with Gasteiger partial charge in [0.05, 0.1) is 17.8 Å². The number of aromatic nitrogens is 1. The third kappa shape index (κ3) is 3.76. The van der Waals surface area contributed by atoms with Gasteiger partial charge in [-0.15, -0.1) is 11.3 Å². The summed E-state index contributed by atoms with van der Waals surface area (Å²) in [4.78, 5) is 5.79. The first-order valence-electron chi connectivity index (χ1n) is 4.93. The highest BCUT2D eigenvalue weighted by Gasteiger charge is 2.15. The molecule has 80 valence electrons. The van der Waals surface area contributed by atoms with Crippen molar-refractivity contribution in [2.75, 3.05) is 13.7 Å². The molecule has 0 spiro atoms. The Bertz CT molecular complexity index is 275. The molecule has 1 heterocycles. The first-order chi connectivity index (χ1) is 6.53. The maximum atomic E-state index is 5.06. The van der Waals surface area contributed by atoms with E-state index in [-0.39, 0.29) is 0 Å². The van der Waals surface area contributed by atoms with Crippen molar-refractivity contribution in [3.63, 3.8) is 0 Å². The first-order valence-corrected chi connectivity index (χ1v) is 5.81. The SMILES string of the molecule is COCCc1ncsc1CC(C)(C)C. The predicted molar refractivity (Wildman–Crippen MR) is 60.9 cm³/mol. The molecule has 0 N–H and O–H groups in total. The van der Waals surface area contributed by atoms with Crippen LogP contribution in [0.25, 0.3) is 0 Å². The lowest BCUT2D eigenvalue weighted by molar-refractivity contribution is 0.201. The summed E-state index contributed by atoms with van der Waals surface area (Å²) in [7, 11) is 1.73. The van der Waals surface area contributed by atoms with E-state index in [1.807, 2.05) is 5.51 Å². The molecule has 0 unspecified atom stereocenters. The highest BCUT2D eigenvalue weighted by Crippen LogP contribution is 2.25. The van der Waals surface area contributed by atoms with Gasteiger partial charge in [-0.25, -0.2) is 4.98 Å². The van der Waals surface area contributed by atoms with E-state index in [4.69, 9.17) is 4.74 Å². The molecular weight excluding hydrogens is 194 g/mol. The van der Waals surface area contributed by atoms with Gasteiger partial charge in [0.25, 0.3) is 0 Å². The minimum absolute atomic E-state index is 0.342. The van der Waals surface area contributed by atoms with Crippen LogP contribution in [0.15, 0.2) is 5.51 Å². The number of hydrogen-bond acceptors (Lipinski definition) is 3. The van der Waals surface area contributed by atoms with Crippen LogP contribution >= 0.6 is 11.3 Å². The van der Waals surface area contributed by atoms with Gasteiger partial charge in [-0.05, 0) is 11.8 Å². The summed E-state index contributed by atoms with van der Waals surface area (Å²) in [6, 6.07) is 0. The standard InChI is InChI=1S/C11H19NOS/c1-11(2,3)7-10-9(5-6-13-4)12-8-14-10/h8H,5-7H2,1-4H3. The van der Waals surface area contributed by atoms with E-state index < -0.39 is 0 Å². The fourth-order valence-electron chi connectivity index (χ4n) is 1.32. The van der Waals surface area contributed by atoms with E-state index in [0.717, 1.165) is 19.4 Å². The second kappa shape index (κ2) is 4.89. The van der Waals surface area contributed by atoms with Crippen LogP contribution < -0.4 is 0 Å². The third-order valence-corrected chi connectivity index (χ3v) is 2.83. The average Bonchev–Trinajstić information content (AvgIpc) is 2.45. The summed E-state index contributed by atoms with van der Waals surface area (Å²) < 4.78 is 5.06. The van der Waals surface area contributed by atoms with Crippen molar-refractivity contribution in [1.82, 2.24) is 4.98 Å². The van der Waals surface area contributed by atoms with Crippen molar-refractivity contribution in [3.8, 4) is 0 Å². The minimum atomic E-state index is 0.342. The van der Waals surface area contributed by atoms with Crippen molar-refractivity contribution in [2.24, 2.45) is 5.41 Å². The average molecular weight is 213 g/mol.